The van der Waals surface area contributed by atoms with E-state index < -0.39 is 23.4 Å². The Bertz CT molecular complexity index is 469. The molecule has 1 aromatic rings. The van der Waals surface area contributed by atoms with Gasteiger partial charge < -0.3 is 11.5 Å². The van der Waals surface area contributed by atoms with Crippen LogP contribution in [-0.4, -0.2) is 17.4 Å². The lowest BCUT2D eigenvalue weighted by Crippen LogP contribution is -2.52. The van der Waals surface area contributed by atoms with Crippen molar-refractivity contribution in [3.8, 4) is 0 Å². The summed E-state index contributed by atoms with van der Waals surface area (Å²) in [6.07, 6.45) is 0. The van der Waals surface area contributed by atoms with Crippen LogP contribution in [-0.2, 0) is 9.59 Å². The first-order valence-corrected chi connectivity index (χ1v) is 5.75. The van der Waals surface area contributed by atoms with E-state index >= 15 is 0 Å². The summed E-state index contributed by atoms with van der Waals surface area (Å²) >= 11 is 5.92. The molecule has 1 unspecified atom stereocenters. The minimum atomic E-state index is -1.14. The van der Waals surface area contributed by atoms with E-state index in [4.69, 9.17) is 23.1 Å². The van der Waals surface area contributed by atoms with Crippen molar-refractivity contribution in [1.29, 1.82) is 0 Å². The maximum absolute atomic E-state index is 11.8. The van der Waals surface area contributed by atoms with Crippen LogP contribution in [0.4, 0.5) is 0 Å². The van der Waals surface area contributed by atoms with Crippen LogP contribution in [0.2, 0.25) is 5.02 Å². The Kier molecular flexibility index (Phi) is 4.45. The third-order valence-electron chi connectivity index (χ3n) is 2.34. The quantitative estimate of drug-likeness (QED) is 0.753. The summed E-state index contributed by atoms with van der Waals surface area (Å²) in [5.74, 6) is -1.22. The number of nitrogens with two attached hydrogens (primary N) is 2. The fourth-order valence-corrected chi connectivity index (χ4v) is 1.47. The smallest absolute Gasteiger partial charge is 0.248 e. The molecule has 0 aliphatic rings. The highest BCUT2D eigenvalue weighted by atomic mass is 35.5. The lowest BCUT2D eigenvalue weighted by molar-refractivity contribution is -0.133. The average molecular weight is 270 g/mol. The molecule has 0 saturated heterocycles. The fraction of sp³-hybridized carbons (Fsp3) is 0.333. The molecule has 0 radical (unpaired) electrons. The summed E-state index contributed by atoms with van der Waals surface area (Å²) in [5.41, 5.74) is 10.6. The predicted octanol–water partition coefficient (Wildman–Crippen LogP) is 0.720. The van der Waals surface area contributed by atoms with Gasteiger partial charge in [0.05, 0.1) is 5.54 Å². The zero-order chi connectivity index (χ0) is 13.9. The lowest BCUT2D eigenvalue weighted by atomic mass is 10.0. The van der Waals surface area contributed by atoms with Crippen LogP contribution in [0.15, 0.2) is 24.3 Å². The monoisotopic (exact) mass is 269 g/mol. The minimum absolute atomic E-state index is 0.375. The molecule has 0 heterocycles. The van der Waals surface area contributed by atoms with E-state index in [9.17, 15) is 9.59 Å². The van der Waals surface area contributed by atoms with E-state index in [2.05, 4.69) is 5.32 Å². The van der Waals surface area contributed by atoms with E-state index in [1.165, 1.54) is 13.8 Å². The van der Waals surface area contributed by atoms with Crippen molar-refractivity contribution in [2.75, 3.05) is 0 Å². The largest absolute Gasteiger partial charge is 0.318 e. The van der Waals surface area contributed by atoms with Crippen molar-refractivity contribution in [3.05, 3.63) is 34.9 Å². The van der Waals surface area contributed by atoms with Crippen LogP contribution in [0.3, 0.4) is 0 Å². The van der Waals surface area contributed by atoms with Gasteiger partial charge in [0.25, 0.3) is 0 Å². The predicted molar refractivity (Wildman–Crippen MR) is 69.8 cm³/mol. The Labute approximate surface area is 110 Å². The normalized spacial score (nSPS) is 12.9. The summed E-state index contributed by atoms with van der Waals surface area (Å²) in [6, 6.07) is 5.68. The van der Waals surface area contributed by atoms with E-state index in [0.29, 0.717) is 10.6 Å². The first-order chi connectivity index (χ1) is 8.23. The lowest BCUT2D eigenvalue weighted by Gasteiger charge is -2.19. The molecule has 0 fully saturated rings. The number of benzene rings is 1. The number of amides is 2. The highest BCUT2D eigenvalue weighted by Crippen LogP contribution is 2.21. The molecular weight excluding hydrogens is 254 g/mol. The van der Waals surface area contributed by atoms with Crippen LogP contribution in [0.5, 0.6) is 0 Å². The molecule has 1 atom stereocenters. The van der Waals surface area contributed by atoms with Gasteiger partial charge in [-0.15, -0.1) is 0 Å². The maximum Gasteiger partial charge on any atom is 0.248 e. The number of imide groups is 1. The highest BCUT2D eigenvalue weighted by Gasteiger charge is 2.27. The first-order valence-electron chi connectivity index (χ1n) is 5.37. The van der Waals surface area contributed by atoms with Gasteiger partial charge in [0.2, 0.25) is 11.8 Å². The van der Waals surface area contributed by atoms with Gasteiger partial charge in [0, 0.05) is 5.02 Å². The number of rotatable bonds is 3. The fourth-order valence-electron chi connectivity index (χ4n) is 1.22. The van der Waals surface area contributed by atoms with Gasteiger partial charge in [0.15, 0.2) is 0 Å². The summed E-state index contributed by atoms with van der Waals surface area (Å²) in [6.45, 7) is 2.99. The van der Waals surface area contributed by atoms with Gasteiger partial charge in [-0.1, -0.05) is 29.8 Å². The molecule has 5 nitrogen and oxygen atoms in total. The molecule has 0 aliphatic heterocycles. The standard InChI is InChI=1S/C12H16ClN3O2/c1-12(2,15)11(18)16-10(17)9(14)7-5-3-4-6-8(7)13/h3-6,9H,14-15H2,1-2H3,(H,16,17,18). The first kappa shape index (κ1) is 14.6. The highest BCUT2D eigenvalue weighted by molar-refractivity contribution is 6.31. The summed E-state index contributed by atoms with van der Waals surface area (Å²) in [5, 5.41) is 2.53. The Morgan fingerprint density at radius 2 is 1.89 bits per heavy atom. The van der Waals surface area contributed by atoms with Crippen LogP contribution < -0.4 is 16.8 Å². The third kappa shape index (κ3) is 3.53. The van der Waals surface area contributed by atoms with Crippen LogP contribution >= 0.6 is 11.6 Å². The van der Waals surface area contributed by atoms with E-state index in [0.717, 1.165) is 0 Å². The van der Waals surface area contributed by atoms with Gasteiger partial charge >= 0.3 is 0 Å². The second-order valence-electron chi connectivity index (χ2n) is 4.54. The second-order valence-corrected chi connectivity index (χ2v) is 4.95. The number of hydrogen-bond acceptors (Lipinski definition) is 4. The zero-order valence-corrected chi connectivity index (χ0v) is 11.0. The molecular formula is C12H16ClN3O2. The Morgan fingerprint density at radius 1 is 1.33 bits per heavy atom. The summed E-state index contributed by atoms with van der Waals surface area (Å²) < 4.78 is 0. The average Bonchev–Trinajstić information content (AvgIpc) is 2.27. The molecule has 6 heteroatoms. The second kappa shape index (κ2) is 5.48. The number of nitrogens with one attached hydrogen (secondary N) is 1. The third-order valence-corrected chi connectivity index (χ3v) is 2.69. The van der Waals surface area contributed by atoms with Gasteiger partial charge in [0.1, 0.15) is 6.04 Å². The number of hydrogen-bond donors (Lipinski definition) is 3. The molecule has 0 aromatic heterocycles. The number of carbonyl (C=O) groups excluding carboxylic acids is 2. The van der Waals surface area contributed by atoms with Crippen molar-refractivity contribution < 1.29 is 9.59 Å². The molecule has 2 amide bonds. The van der Waals surface area contributed by atoms with Crippen molar-refractivity contribution in [3.63, 3.8) is 0 Å². The summed E-state index contributed by atoms with van der Waals surface area (Å²) in [7, 11) is 0. The zero-order valence-electron chi connectivity index (χ0n) is 10.2. The molecule has 0 saturated carbocycles. The van der Waals surface area contributed by atoms with Gasteiger partial charge in [-0.05, 0) is 25.5 Å². The molecule has 0 aliphatic carbocycles. The topological polar surface area (TPSA) is 98.2 Å². The van der Waals surface area contributed by atoms with E-state index in [1.54, 1.807) is 24.3 Å². The molecule has 0 spiro atoms. The number of halogens is 1. The van der Waals surface area contributed by atoms with Gasteiger partial charge in [-0.25, -0.2) is 0 Å². The number of carbonyl (C=O) groups is 2. The van der Waals surface area contributed by atoms with Gasteiger partial charge in [-0.3, -0.25) is 14.9 Å². The molecule has 5 N–H and O–H groups in total. The maximum atomic E-state index is 11.8. The van der Waals surface area contributed by atoms with Crippen LogP contribution in [0, 0.1) is 0 Å². The Hall–Kier alpha value is -1.43. The molecule has 1 rings (SSSR count). The minimum Gasteiger partial charge on any atom is -0.318 e. The molecule has 18 heavy (non-hydrogen) atoms. The van der Waals surface area contributed by atoms with Crippen molar-refractivity contribution in [2.45, 2.75) is 25.4 Å². The molecule has 1 aromatic carbocycles. The Morgan fingerprint density at radius 3 is 2.39 bits per heavy atom. The van der Waals surface area contributed by atoms with Crippen molar-refractivity contribution in [1.82, 2.24) is 5.32 Å². The van der Waals surface area contributed by atoms with E-state index in [-0.39, 0.29) is 0 Å². The van der Waals surface area contributed by atoms with E-state index in [1.807, 2.05) is 0 Å². The van der Waals surface area contributed by atoms with Gasteiger partial charge in [-0.2, -0.15) is 0 Å². The molecule has 98 valence electrons. The van der Waals surface area contributed by atoms with Crippen LogP contribution in [0.25, 0.3) is 0 Å². The summed E-state index contributed by atoms with van der Waals surface area (Å²) in [4.78, 5) is 23.3. The SMILES string of the molecule is CC(C)(N)C(=O)NC(=O)C(N)c1ccccc1Cl. The molecule has 0 bridgehead atoms. The van der Waals surface area contributed by atoms with Crippen molar-refractivity contribution >= 4 is 23.4 Å². The van der Waals surface area contributed by atoms with Crippen molar-refractivity contribution in [2.24, 2.45) is 11.5 Å². The Balaban J connectivity index is 2.80. The van der Waals surface area contributed by atoms with Crippen LogP contribution in [0.1, 0.15) is 25.5 Å².